The number of nitrogens with one attached hydrogen (secondary N) is 1. The summed E-state index contributed by atoms with van der Waals surface area (Å²) in [6.45, 7) is 6.99. The number of halogens is 2. The van der Waals surface area contributed by atoms with E-state index in [4.69, 9.17) is 0 Å². The smallest absolute Gasteiger partial charge is 0.129 e. The molecule has 1 unspecified atom stereocenters. The van der Waals surface area contributed by atoms with Gasteiger partial charge in [-0.15, -0.1) is 11.3 Å². The van der Waals surface area contributed by atoms with E-state index in [0.29, 0.717) is 12.0 Å². The highest BCUT2D eigenvalue weighted by molar-refractivity contribution is 7.12. The Morgan fingerprint density at radius 2 is 1.95 bits per heavy atom. The van der Waals surface area contributed by atoms with Gasteiger partial charge >= 0.3 is 0 Å². The van der Waals surface area contributed by atoms with Crippen LogP contribution in [0.2, 0.25) is 0 Å². The molecule has 0 amide bonds. The second-order valence-corrected chi connectivity index (χ2v) is 6.38. The first kappa shape index (κ1) is 15.1. The van der Waals surface area contributed by atoms with Gasteiger partial charge in [-0.05, 0) is 50.1 Å². The van der Waals surface area contributed by atoms with Crippen LogP contribution in [0.4, 0.5) is 8.78 Å². The lowest BCUT2D eigenvalue weighted by Crippen LogP contribution is -2.23. The summed E-state index contributed by atoms with van der Waals surface area (Å²) in [7, 11) is 0. The molecule has 1 N–H and O–H groups in total. The number of benzene rings is 1. The first-order chi connectivity index (χ1) is 9.51. The summed E-state index contributed by atoms with van der Waals surface area (Å²) in [5, 5.41) is 3.39. The molecule has 1 aromatic carbocycles. The van der Waals surface area contributed by atoms with Crippen molar-refractivity contribution in [3.63, 3.8) is 0 Å². The Morgan fingerprint density at radius 3 is 2.50 bits per heavy atom. The Hall–Kier alpha value is -1.26. The molecule has 2 aromatic rings. The third-order valence-electron chi connectivity index (χ3n) is 3.34. The minimum atomic E-state index is -0.534. The molecule has 0 aliphatic rings. The van der Waals surface area contributed by atoms with Gasteiger partial charge in [-0.25, -0.2) is 8.78 Å². The van der Waals surface area contributed by atoms with Crippen molar-refractivity contribution in [2.75, 3.05) is 6.54 Å². The lowest BCUT2D eigenvalue weighted by atomic mass is 9.98. The third kappa shape index (κ3) is 3.44. The molecule has 0 saturated carbocycles. The van der Waals surface area contributed by atoms with E-state index in [1.807, 2.05) is 6.92 Å². The summed E-state index contributed by atoms with van der Waals surface area (Å²) in [4.78, 5) is 2.50. The van der Waals surface area contributed by atoms with Gasteiger partial charge in [0, 0.05) is 21.9 Å². The van der Waals surface area contributed by atoms with Crippen molar-refractivity contribution in [3.05, 3.63) is 56.8 Å². The lowest BCUT2D eigenvalue weighted by molar-refractivity contribution is 0.520. The highest BCUT2D eigenvalue weighted by Gasteiger charge is 2.17. The van der Waals surface area contributed by atoms with Crippen molar-refractivity contribution in [2.45, 2.75) is 33.2 Å². The number of rotatable bonds is 5. The van der Waals surface area contributed by atoms with Gasteiger partial charge in [0.05, 0.1) is 0 Å². The van der Waals surface area contributed by atoms with Crippen molar-refractivity contribution in [1.82, 2.24) is 5.32 Å². The van der Waals surface area contributed by atoms with Gasteiger partial charge in [0.1, 0.15) is 11.6 Å². The van der Waals surface area contributed by atoms with Crippen LogP contribution in [-0.2, 0) is 6.42 Å². The monoisotopic (exact) mass is 295 g/mol. The van der Waals surface area contributed by atoms with Crippen LogP contribution in [0.25, 0.3) is 0 Å². The van der Waals surface area contributed by atoms with Gasteiger partial charge < -0.3 is 5.32 Å². The fraction of sp³-hybridized carbons (Fsp3) is 0.375. The molecule has 1 aromatic heterocycles. The Kier molecular flexibility index (Phi) is 4.89. The molecule has 0 radical (unpaired) electrons. The zero-order chi connectivity index (χ0) is 14.7. The molecule has 20 heavy (non-hydrogen) atoms. The average Bonchev–Trinajstić information content (AvgIpc) is 2.71. The van der Waals surface area contributed by atoms with Crippen molar-refractivity contribution in [1.29, 1.82) is 0 Å². The third-order valence-corrected chi connectivity index (χ3v) is 4.33. The number of aryl methyl sites for hydroxylation is 2. The van der Waals surface area contributed by atoms with Crippen LogP contribution >= 0.6 is 11.3 Å². The average molecular weight is 295 g/mol. The maximum Gasteiger partial charge on any atom is 0.129 e. The maximum atomic E-state index is 13.8. The first-order valence-electron chi connectivity index (χ1n) is 6.75. The van der Waals surface area contributed by atoms with Crippen molar-refractivity contribution in [2.24, 2.45) is 0 Å². The molecule has 1 nitrogen and oxygen atoms in total. The van der Waals surface area contributed by atoms with Crippen LogP contribution in [0.15, 0.2) is 24.3 Å². The fourth-order valence-corrected chi connectivity index (χ4v) is 3.43. The molecule has 1 atom stereocenters. The molecule has 0 bridgehead atoms. The quantitative estimate of drug-likeness (QED) is 0.854. The van der Waals surface area contributed by atoms with Gasteiger partial charge in [0.2, 0.25) is 0 Å². The van der Waals surface area contributed by atoms with E-state index in [2.05, 4.69) is 25.2 Å². The fourth-order valence-electron chi connectivity index (χ4n) is 2.44. The van der Waals surface area contributed by atoms with E-state index < -0.39 is 11.6 Å². The van der Waals surface area contributed by atoms with Gasteiger partial charge in [0.15, 0.2) is 0 Å². The molecule has 0 saturated heterocycles. The molecule has 0 aliphatic heterocycles. The standard InChI is InChI=1S/C16H19F2NS/c1-4-19-16(14-7-10(2)20-11(14)3)8-12-5-6-13(17)9-15(12)18/h5-7,9,16,19H,4,8H2,1-3H3. The molecular weight excluding hydrogens is 276 g/mol. The molecule has 2 rings (SSSR count). The summed E-state index contributed by atoms with van der Waals surface area (Å²) in [5.41, 5.74) is 1.75. The number of thiophene rings is 1. The molecule has 0 aliphatic carbocycles. The zero-order valence-corrected chi connectivity index (χ0v) is 12.8. The molecule has 0 fully saturated rings. The Morgan fingerprint density at radius 1 is 1.20 bits per heavy atom. The van der Waals surface area contributed by atoms with Crippen molar-refractivity contribution >= 4 is 11.3 Å². The molecule has 108 valence electrons. The molecular formula is C16H19F2NS. The van der Waals surface area contributed by atoms with Crippen LogP contribution in [0.1, 0.15) is 33.8 Å². The van der Waals surface area contributed by atoms with Gasteiger partial charge in [-0.1, -0.05) is 13.0 Å². The van der Waals surface area contributed by atoms with E-state index >= 15 is 0 Å². The van der Waals surface area contributed by atoms with Crippen LogP contribution in [-0.4, -0.2) is 6.54 Å². The molecule has 1 heterocycles. The highest BCUT2D eigenvalue weighted by atomic mass is 32.1. The van der Waals surface area contributed by atoms with E-state index in [9.17, 15) is 8.78 Å². The van der Waals surface area contributed by atoms with Crippen molar-refractivity contribution < 1.29 is 8.78 Å². The summed E-state index contributed by atoms with van der Waals surface area (Å²) >= 11 is 1.75. The highest BCUT2D eigenvalue weighted by Crippen LogP contribution is 2.29. The number of hydrogen-bond acceptors (Lipinski definition) is 2. The van der Waals surface area contributed by atoms with Crippen molar-refractivity contribution in [3.8, 4) is 0 Å². The maximum absolute atomic E-state index is 13.8. The Bertz CT molecular complexity index is 592. The summed E-state index contributed by atoms with van der Waals surface area (Å²) in [6, 6.07) is 6.00. The van der Waals surface area contributed by atoms with Crippen LogP contribution < -0.4 is 5.32 Å². The minimum Gasteiger partial charge on any atom is -0.310 e. The zero-order valence-electron chi connectivity index (χ0n) is 12.0. The normalized spacial score (nSPS) is 12.7. The van der Waals surface area contributed by atoms with Gasteiger partial charge in [-0.2, -0.15) is 0 Å². The van der Waals surface area contributed by atoms with Crippen LogP contribution in [0.5, 0.6) is 0 Å². The molecule has 0 spiro atoms. The minimum absolute atomic E-state index is 0.0601. The van der Waals surface area contributed by atoms with Crippen LogP contribution in [0, 0.1) is 25.5 Å². The van der Waals surface area contributed by atoms with E-state index in [0.717, 1.165) is 12.6 Å². The SMILES string of the molecule is CCNC(Cc1ccc(F)cc1F)c1cc(C)sc1C. The predicted octanol–water partition coefficient (Wildman–Crippen LogP) is 4.54. The predicted molar refractivity (Wildman–Crippen MR) is 80.3 cm³/mol. The van der Waals surface area contributed by atoms with Crippen LogP contribution in [0.3, 0.4) is 0 Å². The lowest BCUT2D eigenvalue weighted by Gasteiger charge is -2.18. The largest absolute Gasteiger partial charge is 0.310 e. The second kappa shape index (κ2) is 6.46. The summed E-state index contributed by atoms with van der Waals surface area (Å²) in [6.07, 6.45) is 0.525. The van der Waals surface area contributed by atoms with E-state index in [-0.39, 0.29) is 6.04 Å². The topological polar surface area (TPSA) is 12.0 Å². The van der Waals surface area contributed by atoms with Gasteiger partial charge in [-0.3, -0.25) is 0 Å². The summed E-state index contributed by atoms with van der Waals surface area (Å²) < 4.78 is 26.8. The van der Waals surface area contributed by atoms with Gasteiger partial charge in [0.25, 0.3) is 0 Å². The van der Waals surface area contributed by atoms with E-state index in [1.54, 1.807) is 11.3 Å². The second-order valence-electron chi connectivity index (χ2n) is 4.92. The Labute approximate surface area is 122 Å². The Balaban J connectivity index is 2.27. The van der Waals surface area contributed by atoms with E-state index in [1.165, 1.54) is 27.5 Å². The number of likely N-dealkylation sites (N-methyl/N-ethyl adjacent to an activating group) is 1. The molecule has 4 heteroatoms. The first-order valence-corrected chi connectivity index (χ1v) is 7.57. The number of hydrogen-bond donors (Lipinski definition) is 1. The summed E-state index contributed by atoms with van der Waals surface area (Å²) in [5.74, 6) is -1.01.